The summed E-state index contributed by atoms with van der Waals surface area (Å²) in [6.45, 7) is 1.74. The molecule has 0 atom stereocenters. The van der Waals surface area contributed by atoms with Crippen LogP contribution in [0.1, 0.15) is 11.1 Å². The fraction of sp³-hybridized carbons (Fsp3) is 0.0909. The summed E-state index contributed by atoms with van der Waals surface area (Å²) in [5.74, 6) is -0.353. The highest BCUT2D eigenvalue weighted by atomic mass is 35.5. The Hall–Kier alpha value is -1.66. The van der Waals surface area contributed by atoms with Gasteiger partial charge in [0, 0.05) is 17.6 Å². The van der Waals surface area contributed by atoms with Gasteiger partial charge in [0.25, 0.3) is 0 Å². The van der Waals surface area contributed by atoms with Crippen molar-refractivity contribution >= 4 is 22.5 Å². The summed E-state index contributed by atoms with van der Waals surface area (Å²) in [5, 5.41) is 9.74. The van der Waals surface area contributed by atoms with Crippen molar-refractivity contribution in [3.05, 3.63) is 40.3 Å². The van der Waals surface area contributed by atoms with E-state index in [4.69, 9.17) is 16.9 Å². The van der Waals surface area contributed by atoms with Crippen LogP contribution < -0.4 is 0 Å². The fourth-order valence-electron chi connectivity index (χ4n) is 1.52. The molecule has 0 amide bonds. The van der Waals surface area contributed by atoms with E-state index in [2.05, 4.69) is 4.98 Å². The number of hydrogen-bond acceptors (Lipinski definition) is 2. The largest absolute Gasteiger partial charge is 0.255 e. The zero-order chi connectivity index (χ0) is 11.0. The Morgan fingerprint density at radius 2 is 2.20 bits per heavy atom. The molecule has 0 spiro atoms. The number of fused-ring (bicyclic) bond motifs is 1. The van der Waals surface area contributed by atoms with Crippen molar-refractivity contribution in [1.29, 1.82) is 5.26 Å². The van der Waals surface area contributed by atoms with E-state index in [1.807, 2.05) is 6.07 Å². The molecule has 0 fully saturated rings. The number of aryl methyl sites for hydroxylation is 1. The second-order valence-corrected chi connectivity index (χ2v) is 3.59. The maximum Gasteiger partial charge on any atom is 0.125 e. The topological polar surface area (TPSA) is 36.7 Å². The molecular weight excluding hydrogens is 215 g/mol. The van der Waals surface area contributed by atoms with Gasteiger partial charge in [0.1, 0.15) is 11.9 Å². The molecule has 1 aromatic heterocycles. The summed E-state index contributed by atoms with van der Waals surface area (Å²) in [7, 11) is 0. The Labute approximate surface area is 90.9 Å². The van der Waals surface area contributed by atoms with E-state index in [-0.39, 0.29) is 5.82 Å². The van der Waals surface area contributed by atoms with Crippen LogP contribution >= 0.6 is 11.6 Å². The fourth-order valence-corrected chi connectivity index (χ4v) is 1.85. The van der Waals surface area contributed by atoms with Crippen LogP contribution in [-0.4, -0.2) is 4.98 Å². The van der Waals surface area contributed by atoms with Crippen molar-refractivity contribution in [3.8, 4) is 6.07 Å². The monoisotopic (exact) mass is 220 g/mol. The third-order valence-corrected chi connectivity index (χ3v) is 2.58. The minimum absolute atomic E-state index is 0.305. The van der Waals surface area contributed by atoms with Gasteiger partial charge in [0.05, 0.1) is 16.1 Å². The molecule has 74 valence electrons. The van der Waals surface area contributed by atoms with Crippen molar-refractivity contribution in [3.63, 3.8) is 0 Å². The molecule has 0 radical (unpaired) electrons. The zero-order valence-corrected chi connectivity index (χ0v) is 8.64. The summed E-state index contributed by atoms with van der Waals surface area (Å²) in [6.07, 6.45) is 1.35. The number of benzene rings is 1. The normalized spacial score (nSPS) is 10.3. The molecule has 4 heteroatoms. The van der Waals surface area contributed by atoms with Gasteiger partial charge in [-0.1, -0.05) is 11.6 Å². The van der Waals surface area contributed by atoms with Gasteiger partial charge in [-0.3, -0.25) is 4.98 Å². The van der Waals surface area contributed by atoms with E-state index in [0.29, 0.717) is 27.1 Å². The lowest BCUT2D eigenvalue weighted by Crippen LogP contribution is -1.89. The smallest absolute Gasteiger partial charge is 0.125 e. The quantitative estimate of drug-likeness (QED) is 0.684. The Morgan fingerprint density at radius 3 is 2.87 bits per heavy atom. The molecule has 1 heterocycles. The molecule has 1 aromatic carbocycles. The van der Waals surface area contributed by atoms with Gasteiger partial charge in [0.15, 0.2) is 0 Å². The Bertz CT molecular complexity index is 587. The molecule has 15 heavy (non-hydrogen) atoms. The number of nitrogens with zero attached hydrogens (tertiary/aromatic N) is 2. The predicted octanol–water partition coefficient (Wildman–Crippen LogP) is 3.21. The molecular formula is C11H6ClFN2. The Kier molecular flexibility index (Phi) is 2.29. The standard InChI is InChI=1S/C11H6ClFN2/c1-6-2-8(13)3-9-10(6)11(12)7(4-14)5-15-9/h2-3,5H,1H3. The summed E-state index contributed by atoms with van der Waals surface area (Å²) in [5.41, 5.74) is 1.45. The molecule has 2 nitrogen and oxygen atoms in total. The summed E-state index contributed by atoms with van der Waals surface area (Å²) < 4.78 is 13.1. The summed E-state index contributed by atoms with van der Waals surface area (Å²) in [6, 6.07) is 4.61. The van der Waals surface area contributed by atoms with E-state index in [1.165, 1.54) is 18.3 Å². The highest BCUT2D eigenvalue weighted by Gasteiger charge is 2.09. The molecule has 0 saturated carbocycles. The number of rotatable bonds is 0. The van der Waals surface area contributed by atoms with Crippen LogP contribution in [0.2, 0.25) is 5.02 Å². The minimum Gasteiger partial charge on any atom is -0.255 e. The Morgan fingerprint density at radius 1 is 1.47 bits per heavy atom. The number of aromatic nitrogens is 1. The molecule has 0 aliphatic carbocycles. The average molecular weight is 221 g/mol. The van der Waals surface area contributed by atoms with Crippen LogP contribution in [0.25, 0.3) is 10.9 Å². The van der Waals surface area contributed by atoms with Gasteiger partial charge < -0.3 is 0 Å². The van der Waals surface area contributed by atoms with Gasteiger partial charge in [-0.15, -0.1) is 0 Å². The first-order valence-corrected chi connectivity index (χ1v) is 4.65. The highest BCUT2D eigenvalue weighted by molar-refractivity contribution is 6.36. The molecule has 0 aliphatic heterocycles. The molecule has 0 bridgehead atoms. The second-order valence-electron chi connectivity index (χ2n) is 3.21. The lowest BCUT2D eigenvalue weighted by molar-refractivity contribution is 0.628. The lowest BCUT2D eigenvalue weighted by atomic mass is 10.1. The van der Waals surface area contributed by atoms with Gasteiger partial charge in [-0.2, -0.15) is 5.26 Å². The third-order valence-electron chi connectivity index (χ3n) is 2.19. The third kappa shape index (κ3) is 1.53. The maximum atomic E-state index is 13.1. The van der Waals surface area contributed by atoms with Crippen LogP contribution in [0.5, 0.6) is 0 Å². The number of nitriles is 1. The van der Waals surface area contributed by atoms with Crippen LogP contribution in [0.4, 0.5) is 4.39 Å². The highest BCUT2D eigenvalue weighted by Crippen LogP contribution is 2.28. The van der Waals surface area contributed by atoms with E-state index < -0.39 is 0 Å². The number of hydrogen-bond donors (Lipinski definition) is 0. The SMILES string of the molecule is Cc1cc(F)cc2ncc(C#N)c(Cl)c12. The van der Waals surface area contributed by atoms with Crippen LogP contribution in [0.15, 0.2) is 18.3 Å². The van der Waals surface area contributed by atoms with Crippen LogP contribution in [0.3, 0.4) is 0 Å². The summed E-state index contributed by atoms with van der Waals surface area (Å²) in [4.78, 5) is 3.99. The Balaban J connectivity index is 2.94. The van der Waals surface area contributed by atoms with E-state index >= 15 is 0 Å². The van der Waals surface area contributed by atoms with Gasteiger partial charge in [-0.25, -0.2) is 4.39 Å². The lowest BCUT2D eigenvalue weighted by Gasteiger charge is -2.05. The first-order chi connectivity index (χ1) is 7.13. The number of pyridine rings is 1. The van der Waals surface area contributed by atoms with Crippen molar-refractivity contribution in [2.45, 2.75) is 6.92 Å². The molecule has 0 aliphatic rings. The van der Waals surface area contributed by atoms with E-state index in [1.54, 1.807) is 6.92 Å². The van der Waals surface area contributed by atoms with Crippen molar-refractivity contribution in [2.24, 2.45) is 0 Å². The molecule has 0 N–H and O–H groups in total. The average Bonchev–Trinajstić information content (AvgIpc) is 2.17. The first kappa shape index (κ1) is 9.88. The first-order valence-electron chi connectivity index (χ1n) is 4.28. The van der Waals surface area contributed by atoms with E-state index in [9.17, 15) is 4.39 Å². The minimum atomic E-state index is -0.353. The predicted molar refractivity (Wildman–Crippen MR) is 56.2 cm³/mol. The maximum absolute atomic E-state index is 13.1. The van der Waals surface area contributed by atoms with Gasteiger partial charge in [-0.05, 0) is 18.6 Å². The molecule has 2 aromatic rings. The van der Waals surface area contributed by atoms with Crippen molar-refractivity contribution < 1.29 is 4.39 Å². The van der Waals surface area contributed by atoms with Crippen LogP contribution in [-0.2, 0) is 0 Å². The molecule has 2 rings (SSSR count). The van der Waals surface area contributed by atoms with Crippen LogP contribution in [0, 0.1) is 24.1 Å². The molecule has 0 unspecified atom stereocenters. The second kappa shape index (κ2) is 3.48. The van der Waals surface area contributed by atoms with Crippen molar-refractivity contribution in [1.82, 2.24) is 4.98 Å². The zero-order valence-electron chi connectivity index (χ0n) is 7.88. The van der Waals surface area contributed by atoms with E-state index in [0.717, 1.165) is 0 Å². The van der Waals surface area contributed by atoms with Gasteiger partial charge >= 0.3 is 0 Å². The van der Waals surface area contributed by atoms with Crippen molar-refractivity contribution in [2.75, 3.05) is 0 Å². The number of halogens is 2. The molecule has 0 saturated heterocycles. The summed E-state index contributed by atoms with van der Waals surface area (Å²) >= 11 is 6.01. The van der Waals surface area contributed by atoms with Gasteiger partial charge in [0.2, 0.25) is 0 Å².